The first kappa shape index (κ1) is 10.7. The van der Waals surface area contributed by atoms with Gasteiger partial charge < -0.3 is 9.26 Å². The second-order valence-electron chi connectivity index (χ2n) is 2.88. The molecule has 0 aliphatic carbocycles. The molecule has 0 bridgehead atoms. The molecular weight excluding hydrogens is 184 g/mol. The maximum atomic E-state index is 11.3. The molecule has 5 heteroatoms. The van der Waals surface area contributed by atoms with Crippen molar-refractivity contribution in [1.82, 2.24) is 10.1 Å². The molecule has 0 aliphatic rings. The molecule has 1 heterocycles. The summed E-state index contributed by atoms with van der Waals surface area (Å²) in [6.45, 7) is 5.72. The molecule has 0 saturated heterocycles. The van der Waals surface area contributed by atoms with E-state index in [-0.39, 0.29) is 5.97 Å². The Morgan fingerprint density at radius 2 is 2.29 bits per heavy atom. The van der Waals surface area contributed by atoms with Gasteiger partial charge in [-0.3, -0.25) is 4.79 Å². The van der Waals surface area contributed by atoms with Gasteiger partial charge in [0.05, 0.1) is 6.61 Å². The third-order valence-corrected chi connectivity index (χ3v) is 1.81. The summed E-state index contributed by atoms with van der Waals surface area (Å²) in [7, 11) is 0. The standard InChI is InChI=1S/C9H14N2O3/c1-4-7-10-8(14-11-7)6(3)9(12)13-5-2/h6H,4-5H2,1-3H3. The number of carbonyl (C=O) groups excluding carboxylic acids is 1. The number of aryl methyl sites for hydroxylation is 1. The van der Waals surface area contributed by atoms with Gasteiger partial charge in [0.25, 0.3) is 0 Å². The minimum absolute atomic E-state index is 0.320. The zero-order chi connectivity index (χ0) is 10.6. The van der Waals surface area contributed by atoms with Crippen LogP contribution in [0.5, 0.6) is 0 Å². The molecule has 0 N–H and O–H groups in total. The minimum atomic E-state index is -0.484. The third kappa shape index (κ3) is 2.31. The van der Waals surface area contributed by atoms with E-state index in [1.54, 1.807) is 13.8 Å². The van der Waals surface area contributed by atoms with E-state index in [2.05, 4.69) is 10.1 Å². The molecule has 0 aliphatic heterocycles. The highest BCUT2D eigenvalue weighted by Gasteiger charge is 2.22. The van der Waals surface area contributed by atoms with Crippen LogP contribution in [0.4, 0.5) is 0 Å². The second-order valence-corrected chi connectivity index (χ2v) is 2.88. The molecule has 1 rings (SSSR count). The Kier molecular flexibility index (Phi) is 3.62. The Balaban J connectivity index is 2.68. The summed E-state index contributed by atoms with van der Waals surface area (Å²) in [4.78, 5) is 15.3. The fourth-order valence-corrected chi connectivity index (χ4v) is 0.955. The van der Waals surface area contributed by atoms with Crippen LogP contribution in [0.1, 0.15) is 38.4 Å². The Labute approximate surface area is 82.4 Å². The molecule has 1 atom stereocenters. The van der Waals surface area contributed by atoms with Crippen LogP contribution in [-0.2, 0) is 16.0 Å². The molecule has 0 spiro atoms. The van der Waals surface area contributed by atoms with Crippen molar-refractivity contribution >= 4 is 5.97 Å². The molecule has 78 valence electrons. The first-order valence-electron chi connectivity index (χ1n) is 4.68. The van der Waals surface area contributed by atoms with Crippen molar-refractivity contribution in [2.45, 2.75) is 33.1 Å². The lowest BCUT2D eigenvalue weighted by Crippen LogP contribution is -2.13. The van der Waals surface area contributed by atoms with E-state index in [1.165, 1.54) is 0 Å². The van der Waals surface area contributed by atoms with Crippen molar-refractivity contribution in [2.75, 3.05) is 6.61 Å². The highest BCUT2D eigenvalue weighted by atomic mass is 16.5. The molecule has 0 fully saturated rings. The zero-order valence-electron chi connectivity index (χ0n) is 8.61. The summed E-state index contributed by atoms with van der Waals surface area (Å²) in [6, 6.07) is 0. The lowest BCUT2D eigenvalue weighted by atomic mass is 10.2. The van der Waals surface area contributed by atoms with Gasteiger partial charge >= 0.3 is 5.97 Å². The minimum Gasteiger partial charge on any atom is -0.465 e. The van der Waals surface area contributed by atoms with E-state index in [9.17, 15) is 4.79 Å². The quantitative estimate of drug-likeness (QED) is 0.682. The maximum absolute atomic E-state index is 11.3. The smallest absolute Gasteiger partial charge is 0.318 e. The molecule has 0 aromatic carbocycles. The molecule has 1 aromatic heterocycles. The van der Waals surface area contributed by atoms with E-state index < -0.39 is 5.92 Å². The number of ether oxygens (including phenoxy) is 1. The Morgan fingerprint density at radius 3 is 2.79 bits per heavy atom. The fraction of sp³-hybridized carbons (Fsp3) is 0.667. The van der Waals surface area contributed by atoms with Crippen LogP contribution >= 0.6 is 0 Å². The number of rotatable bonds is 4. The van der Waals surface area contributed by atoms with E-state index >= 15 is 0 Å². The number of aromatic nitrogens is 2. The molecule has 14 heavy (non-hydrogen) atoms. The summed E-state index contributed by atoms with van der Waals surface area (Å²) in [6.07, 6.45) is 0.693. The second kappa shape index (κ2) is 4.74. The molecule has 0 saturated carbocycles. The Morgan fingerprint density at radius 1 is 1.57 bits per heavy atom. The number of hydrogen-bond donors (Lipinski definition) is 0. The largest absolute Gasteiger partial charge is 0.465 e. The van der Waals surface area contributed by atoms with Crippen molar-refractivity contribution in [3.05, 3.63) is 11.7 Å². The van der Waals surface area contributed by atoms with E-state index in [4.69, 9.17) is 9.26 Å². The van der Waals surface area contributed by atoms with Crippen LogP contribution in [0, 0.1) is 0 Å². The van der Waals surface area contributed by atoms with Crippen molar-refractivity contribution in [1.29, 1.82) is 0 Å². The monoisotopic (exact) mass is 198 g/mol. The first-order valence-corrected chi connectivity index (χ1v) is 4.68. The number of hydrogen-bond acceptors (Lipinski definition) is 5. The molecular formula is C9H14N2O3. The summed E-state index contributed by atoms with van der Waals surface area (Å²) < 4.78 is 9.76. The van der Waals surface area contributed by atoms with Crippen molar-refractivity contribution in [3.8, 4) is 0 Å². The first-order chi connectivity index (χ1) is 6.69. The average molecular weight is 198 g/mol. The van der Waals surface area contributed by atoms with Crippen molar-refractivity contribution in [2.24, 2.45) is 0 Å². The van der Waals surface area contributed by atoms with Crippen LogP contribution in [0.15, 0.2) is 4.52 Å². The van der Waals surface area contributed by atoms with Crippen LogP contribution in [-0.4, -0.2) is 22.7 Å². The third-order valence-electron chi connectivity index (χ3n) is 1.81. The molecule has 1 unspecified atom stereocenters. The van der Waals surface area contributed by atoms with Crippen molar-refractivity contribution < 1.29 is 14.1 Å². The Hall–Kier alpha value is -1.39. The van der Waals surface area contributed by atoms with Gasteiger partial charge in [-0.25, -0.2) is 0 Å². The van der Waals surface area contributed by atoms with Gasteiger partial charge in [0.15, 0.2) is 5.82 Å². The predicted octanol–water partition coefficient (Wildman–Crippen LogP) is 1.30. The SMILES string of the molecule is CCOC(=O)C(C)c1nc(CC)no1. The fourth-order valence-electron chi connectivity index (χ4n) is 0.955. The zero-order valence-corrected chi connectivity index (χ0v) is 8.61. The van der Waals surface area contributed by atoms with Crippen LogP contribution < -0.4 is 0 Å². The van der Waals surface area contributed by atoms with Crippen LogP contribution in [0.25, 0.3) is 0 Å². The topological polar surface area (TPSA) is 65.2 Å². The summed E-state index contributed by atoms with van der Waals surface area (Å²) >= 11 is 0. The number of carbonyl (C=O) groups is 1. The van der Waals surface area contributed by atoms with Gasteiger partial charge in [0.1, 0.15) is 5.92 Å². The van der Waals surface area contributed by atoms with Gasteiger partial charge in [-0.1, -0.05) is 12.1 Å². The summed E-state index contributed by atoms with van der Waals surface area (Å²) in [5.74, 6) is 0.109. The van der Waals surface area contributed by atoms with Gasteiger partial charge in [-0.15, -0.1) is 0 Å². The van der Waals surface area contributed by atoms with Gasteiger partial charge in [-0.2, -0.15) is 4.98 Å². The summed E-state index contributed by atoms with van der Waals surface area (Å²) in [5, 5.41) is 3.70. The van der Waals surface area contributed by atoms with Crippen LogP contribution in [0.2, 0.25) is 0 Å². The van der Waals surface area contributed by atoms with Gasteiger partial charge in [0.2, 0.25) is 5.89 Å². The van der Waals surface area contributed by atoms with Crippen LogP contribution in [0.3, 0.4) is 0 Å². The number of esters is 1. The normalized spacial score (nSPS) is 12.5. The van der Waals surface area contributed by atoms with E-state index in [1.807, 2.05) is 6.92 Å². The lowest BCUT2D eigenvalue weighted by Gasteiger charge is -2.04. The molecule has 0 radical (unpaired) electrons. The highest BCUT2D eigenvalue weighted by molar-refractivity contribution is 5.76. The highest BCUT2D eigenvalue weighted by Crippen LogP contribution is 2.14. The lowest BCUT2D eigenvalue weighted by molar-refractivity contribution is -0.145. The molecule has 1 aromatic rings. The van der Waals surface area contributed by atoms with E-state index in [0.717, 1.165) is 0 Å². The predicted molar refractivity (Wildman–Crippen MR) is 48.7 cm³/mol. The summed E-state index contributed by atoms with van der Waals surface area (Å²) in [5.41, 5.74) is 0. The average Bonchev–Trinajstić information content (AvgIpc) is 2.65. The Bertz CT molecular complexity index is 309. The number of nitrogens with zero attached hydrogens (tertiary/aromatic N) is 2. The maximum Gasteiger partial charge on any atom is 0.318 e. The van der Waals surface area contributed by atoms with E-state index in [0.29, 0.717) is 24.7 Å². The van der Waals surface area contributed by atoms with Gasteiger partial charge in [0, 0.05) is 6.42 Å². The molecule has 0 amide bonds. The van der Waals surface area contributed by atoms with Gasteiger partial charge in [-0.05, 0) is 13.8 Å². The van der Waals surface area contributed by atoms with Crippen molar-refractivity contribution in [3.63, 3.8) is 0 Å². The molecule has 5 nitrogen and oxygen atoms in total.